The molecular weight excluding hydrogens is 503 g/mol. The Balaban J connectivity index is 0.000000402. The number of nitrogens with zero attached hydrogens (tertiary/aromatic N) is 1. The number of carbonyl (C=O) groups is 1. The quantitative estimate of drug-likeness (QED) is 0.318. The average molecular weight is 532 g/mol. The largest absolute Gasteiger partial charge is 0.481 e. The minimum Gasteiger partial charge on any atom is -0.481 e. The number of allylic oxidation sites excluding steroid dienone is 1. The molecule has 3 nitrogen and oxygen atoms in total. The highest BCUT2D eigenvalue weighted by atomic mass is 19.4. The van der Waals surface area contributed by atoms with Gasteiger partial charge in [-0.1, -0.05) is 61.2 Å². The number of benzene rings is 2. The van der Waals surface area contributed by atoms with Crippen LogP contribution in [0.5, 0.6) is 0 Å². The predicted molar refractivity (Wildman–Crippen MR) is 127 cm³/mol. The summed E-state index contributed by atoms with van der Waals surface area (Å²) in [7, 11) is 0. The molecule has 37 heavy (non-hydrogen) atoms. The van der Waals surface area contributed by atoms with E-state index in [4.69, 9.17) is 9.90 Å². The van der Waals surface area contributed by atoms with E-state index in [0.29, 0.717) is 11.6 Å². The molecule has 0 saturated carbocycles. The SMILES string of the molecule is C=C(C)C#CC(c1ccc(C(F)(F)F)cc1F)N1CCCCC1.CC(=O)O.FC(F)(F)c1ccccc1. The van der Waals surface area contributed by atoms with Crippen molar-refractivity contribution >= 4 is 5.97 Å². The molecule has 0 amide bonds. The van der Waals surface area contributed by atoms with Crippen LogP contribution in [0.2, 0.25) is 0 Å². The van der Waals surface area contributed by atoms with E-state index in [1.807, 2.05) is 4.90 Å². The van der Waals surface area contributed by atoms with Gasteiger partial charge in [-0.3, -0.25) is 9.69 Å². The number of carboxylic acid groups (broad SMARTS) is 1. The third kappa shape index (κ3) is 12.0. The number of piperidine rings is 1. The zero-order valence-corrected chi connectivity index (χ0v) is 20.4. The predicted octanol–water partition coefficient (Wildman–Crippen LogP) is 7.75. The lowest BCUT2D eigenvalue weighted by Gasteiger charge is -2.32. The summed E-state index contributed by atoms with van der Waals surface area (Å²) in [5.41, 5.74) is -0.757. The summed E-state index contributed by atoms with van der Waals surface area (Å²) in [6.07, 6.45) is -5.70. The fraction of sp³-hybridized carbons (Fsp3) is 0.370. The maximum Gasteiger partial charge on any atom is 0.416 e. The summed E-state index contributed by atoms with van der Waals surface area (Å²) in [5, 5.41) is 7.42. The van der Waals surface area contributed by atoms with E-state index in [-0.39, 0.29) is 5.56 Å². The molecule has 0 aromatic heterocycles. The van der Waals surface area contributed by atoms with Gasteiger partial charge in [0, 0.05) is 12.5 Å². The summed E-state index contributed by atoms with van der Waals surface area (Å²) in [4.78, 5) is 11.0. The first-order chi connectivity index (χ1) is 17.1. The third-order valence-electron chi connectivity index (χ3n) is 4.90. The molecule has 202 valence electrons. The summed E-state index contributed by atoms with van der Waals surface area (Å²) >= 11 is 0. The van der Waals surface area contributed by atoms with E-state index >= 15 is 0 Å². The molecule has 0 radical (unpaired) electrons. The van der Waals surface area contributed by atoms with Gasteiger partial charge in [-0.15, -0.1) is 0 Å². The van der Waals surface area contributed by atoms with Crippen molar-refractivity contribution in [1.29, 1.82) is 0 Å². The Labute approximate surface area is 211 Å². The Hall–Kier alpha value is -3.32. The molecule has 1 heterocycles. The molecule has 0 bridgehead atoms. The highest BCUT2D eigenvalue weighted by Gasteiger charge is 2.32. The van der Waals surface area contributed by atoms with Crippen LogP contribution in [0.25, 0.3) is 0 Å². The van der Waals surface area contributed by atoms with E-state index in [0.717, 1.165) is 57.5 Å². The van der Waals surface area contributed by atoms with Crippen LogP contribution in [0.4, 0.5) is 30.7 Å². The number of hydrogen-bond acceptors (Lipinski definition) is 2. The fourth-order valence-corrected chi connectivity index (χ4v) is 3.29. The first kappa shape index (κ1) is 31.7. The lowest BCUT2D eigenvalue weighted by molar-refractivity contribution is -0.138. The van der Waals surface area contributed by atoms with E-state index in [1.54, 1.807) is 13.0 Å². The smallest absolute Gasteiger partial charge is 0.416 e. The molecule has 1 atom stereocenters. The zero-order valence-electron chi connectivity index (χ0n) is 20.4. The van der Waals surface area contributed by atoms with Crippen molar-refractivity contribution in [3.05, 3.63) is 83.2 Å². The third-order valence-corrected chi connectivity index (χ3v) is 4.90. The van der Waals surface area contributed by atoms with Crippen LogP contribution in [0.1, 0.15) is 55.8 Å². The zero-order chi connectivity index (χ0) is 28.2. The van der Waals surface area contributed by atoms with Gasteiger partial charge in [0.25, 0.3) is 5.97 Å². The maximum atomic E-state index is 14.3. The second-order valence-corrected chi connectivity index (χ2v) is 8.17. The number of halogens is 7. The molecule has 0 spiro atoms. The number of carboxylic acids is 1. The number of hydrogen-bond donors (Lipinski definition) is 1. The van der Waals surface area contributed by atoms with Gasteiger partial charge in [0.15, 0.2) is 0 Å². The van der Waals surface area contributed by atoms with Crippen LogP contribution >= 0.6 is 0 Å². The molecule has 1 unspecified atom stereocenters. The van der Waals surface area contributed by atoms with Crippen molar-refractivity contribution in [3.8, 4) is 11.8 Å². The van der Waals surface area contributed by atoms with Gasteiger partial charge in [0.2, 0.25) is 0 Å². The van der Waals surface area contributed by atoms with Crippen molar-refractivity contribution < 1.29 is 40.6 Å². The van der Waals surface area contributed by atoms with Crippen LogP contribution in [0, 0.1) is 17.7 Å². The topological polar surface area (TPSA) is 40.5 Å². The van der Waals surface area contributed by atoms with Crippen LogP contribution in [0.3, 0.4) is 0 Å². The van der Waals surface area contributed by atoms with Gasteiger partial charge in [-0.05, 0) is 50.6 Å². The van der Waals surface area contributed by atoms with E-state index in [1.165, 1.54) is 18.2 Å². The average Bonchev–Trinajstić information content (AvgIpc) is 2.80. The number of likely N-dealkylation sites (tertiary alicyclic amines) is 1. The standard InChI is InChI=1S/C18H19F4N.C7H5F3.C2H4O2/c1-13(2)6-9-17(23-10-4-3-5-11-23)15-8-7-14(12-16(15)19)18(20,21)22;8-7(9,10)6-4-2-1-3-5-6;1-2(3)4/h7-8,12,17H,1,3-5,10-11H2,2H3;1-5H;1H3,(H,3,4). The fourth-order valence-electron chi connectivity index (χ4n) is 3.29. The molecule has 3 rings (SSSR count). The Morgan fingerprint density at radius 2 is 1.43 bits per heavy atom. The normalized spacial score (nSPS) is 14.5. The number of aliphatic carboxylic acids is 1. The van der Waals surface area contributed by atoms with Gasteiger partial charge in [0.05, 0.1) is 11.1 Å². The maximum absolute atomic E-state index is 14.3. The number of rotatable bonds is 2. The van der Waals surface area contributed by atoms with Crippen molar-refractivity contribution in [3.63, 3.8) is 0 Å². The molecule has 1 saturated heterocycles. The molecule has 1 N–H and O–H groups in total. The highest BCUT2D eigenvalue weighted by molar-refractivity contribution is 5.62. The summed E-state index contributed by atoms with van der Waals surface area (Å²) in [6.45, 7) is 8.04. The van der Waals surface area contributed by atoms with Gasteiger partial charge >= 0.3 is 12.4 Å². The molecule has 0 aliphatic carbocycles. The first-order valence-electron chi connectivity index (χ1n) is 11.2. The van der Waals surface area contributed by atoms with Gasteiger partial charge in [0.1, 0.15) is 11.9 Å². The lowest BCUT2D eigenvalue weighted by Crippen LogP contribution is -2.33. The number of alkyl halides is 6. The van der Waals surface area contributed by atoms with Crippen molar-refractivity contribution in [2.45, 2.75) is 51.5 Å². The second kappa shape index (κ2) is 14.4. The second-order valence-electron chi connectivity index (χ2n) is 8.17. The Kier molecular flexibility index (Phi) is 12.4. The highest BCUT2D eigenvalue weighted by Crippen LogP contribution is 2.33. The van der Waals surface area contributed by atoms with Gasteiger partial charge in [-0.2, -0.15) is 26.3 Å². The van der Waals surface area contributed by atoms with Gasteiger partial charge < -0.3 is 5.11 Å². The Bertz CT molecular complexity index is 1070. The molecule has 1 aliphatic rings. The molecule has 2 aromatic rings. The molecule has 1 aliphatic heterocycles. The van der Waals surface area contributed by atoms with Crippen molar-refractivity contribution in [2.24, 2.45) is 0 Å². The van der Waals surface area contributed by atoms with Crippen molar-refractivity contribution in [2.75, 3.05) is 13.1 Å². The molecular formula is C27H28F7NO2. The van der Waals surface area contributed by atoms with E-state index in [2.05, 4.69) is 18.4 Å². The minimum absolute atomic E-state index is 0.189. The van der Waals surface area contributed by atoms with Crippen LogP contribution in [-0.4, -0.2) is 29.1 Å². The first-order valence-corrected chi connectivity index (χ1v) is 11.2. The summed E-state index contributed by atoms with van der Waals surface area (Å²) in [5.74, 6) is 4.10. The molecule has 1 fully saturated rings. The van der Waals surface area contributed by atoms with Crippen LogP contribution in [-0.2, 0) is 17.1 Å². The van der Waals surface area contributed by atoms with E-state index in [9.17, 15) is 30.7 Å². The lowest BCUT2D eigenvalue weighted by atomic mass is 9.99. The van der Waals surface area contributed by atoms with Crippen molar-refractivity contribution in [1.82, 2.24) is 4.90 Å². The Morgan fingerprint density at radius 3 is 1.84 bits per heavy atom. The summed E-state index contributed by atoms with van der Waals surface area (Å²) in [6, 6.07) is 8.48. The minimum atomic E-state index is -4.55. The monoisotopic (exact) mass is 531 g/mol. The van der Waals surface area contributed by atoms with E-state index < -0.39 is 41.3 Å². The molecule has 2 aromatic carbocycles. The van der Waals surface area contributed by atoms with Gasteiger partial charge in [-0.25, -0.2) is 4.39 Å². The summed E-state index contributed by atoms with van der Waals surface area (Å²) < 4.78 is 87.7. The Morgan fingerprint density at radius 1 is 0.919 bits per heavy atom. The van der Waals surface area contributed by atoms with Crippen LogP contribution < -0.4 is 0 Å². The molecule has 10 heteroatoms. The van der Waals surface area contributed by atoms with Crippen LogP contribution in [0.15, 0.2) is 60.7 Å².